The molecule has 18 heavy (non-hydrogen) atoms. The zero-order valence-corrected chi connectivity index (χ0v) is 10.9. The average molecular weight is 266 g/mol. The van der Waals surface area contributed by atoms with Crippen LogP contribution in [0.5, 0.6) is 5.75 Å². The van der Waals surface area contributed by atoms with Gasteiger partial charge in [-0.15, -0.1) is 0 Å². The monoisotopic (exact) mass is 265 g/mol. The Hall–Kier alpha value is -1.74. The van der Waals surface area contributed by atoms with Gasteiger partial charge in [0.05, 0.1) is 17.8 Å². The Morgan fingerprint density at radius 1 is 1.17 bits per heavy atom. The second-order valence-electron chi connectivity index (χ2n) is 4.05. The maximum absolute atomic E-state index is 13.4. The first kappa shape index (κ1) is 12.7. The minimum Gasteiger partial charge on any atom is -0.496 e. The molecule has 0 atom stereocenters. The van der Waals surface area contributed by atoms with Gasteiger partial charge in [0.2, 0.25) is 0 Å². The molecule has 0 spiro atoms. The summed E-state index contributed by atoms with van der Waals surface area (Å²) in [5, 5.41) is 0.202. The Kier molecular flexibility index (Phi) is 3.43. The highest BCUT2D eigenvalue weighted by atomic mass is 35.5. The molecule has 0 aliphatic rings. The number of halogens is 2. The molecule has 2 rings (SSSR count). The van der Waals surface area contributed by atoms with Crippen molar-refractivity contribution in [3.05, 3.63) is 46.7 Å². The summed E-state index contributed by atoms with van der Waals surface area (Å²) in [6.07, 6.45) is 0. The van der Waals surface area contributed by atoms with E-state index in [1.54, 1.807) is 7.11 Å². The summed E-state index contributed by atoms with van der Waals surface area (Å²) < 4.78 is 18.7. The van der Waals surface area contributed by atoms with Crippen LogP contribution >= 0.6 is 11.6 Å². The highest BCUT2D eigenvalue weighted by Gasteiger charge is 2.13. The van der Waals surface area contributed by atoms with Gasteiger partial charge in [0.1, 0.15) is 11.6 Å². The van der Waals surface area contributed by atoms with Crippen LogP contribution in [0.3, 0.4) is 0 Å². The van der Waals surface area contributed by atoms with Gasteiger partial charge in [-0.25, -0.2) is 4.39 Å². The standard InChI is InChI=1S/C14H13ClFNO/c1-8-3-4-13(18-2)10(5-8)11-6-9(16)7-12(15)14(11)17/h3-7H,17H2,1-2H3. The highest BCUT2D eigenvalue weighted by molar-refractivity contribution is 6.33. The number of hydrogen-bond acceptors (Lipinski definition) is 2. The zero-order chi connectivity index (χ0) is 13.3. The predicted octanol–water partition coefficient (Wildman–Crippen LogP) is 4.05. The lowest BCUT2D eigenvalue weighted by molar-refractivity contribution is 0.416. The van der Waals surface area contributed by atoms with E-state index in [0.29, 0.717) is 17.0 Å². The van der Waals surface area contributed by atoms with Gasteiger partial charge in [-0.05, 0) is 31.2 Å². The van der Waals surface area contributed by atoms with Crippen molar-refractivity contribution in [2.24, 2.45) is 0 Å². The lowest BCUT2D eigenvalue weighted by Gasteiger charge is -2.13. The van der Waals surface area contributed by atoms with E-state index < -0.39 is 5.82 Å². The third-order valence-electron chi connectivity index (χ3n) is 2.74. The minimum atomic E-state index is -0.423. The summed E-state index contributed by atoms with van der Waals surface area (Å²) in [6, 6.07) is 8.18. The normalized spacial score (nSPS) is 10.4. The fraction of sp³-hybridized carbons (Fsp3) is 0.143. The fourth-order valence-electron chi connectivity index (χ4n) is 1.84. The molecule has 0 aliphatic carbocycles. The number of anilines is 1. The van der Waals surface area contributed by atoms with E-state index in [2.05, 4.69) is 0 Å². The molecule has 94 valence electrons. The number of benzene rings is 2. The molecule has 4 heteroatoms. The summed E-state index contributed by atoms with van der Waals surface area (Å²) in [6.45, 7) is 1.94. The van der Waals surface area contributed by atoms with Gasteiger partial charge < -0.3 is 10.5 Å². The van der Waals surface area contributed by atoms with Crippen LogP contribution in [0.1, 0.15) is 5.56 Å². The van der Waals surface area contributed by atoms with Gasteiger partial charge in [-0.3, -0.25) is 0 Å². The molecule has 2 N–H and O–H groups in total. The lowest BCUT2D eigenvalue weighted by Crippen LogP contribution is -1.96. The quantitative estimate of drug-likeness (QED) is 0.832. The van der Waals surface area contributed by atoms with E-state index in [4.69, 9.17) is 22.1 Å². The van der Waals surface area contributed by atoms with E-state index in [1.165, 1.54) is 12.1 Å². The lowest BCUT2D eigenvalue weighted by atomic mass is 10.0. The first-order valence-corrected chi connectivity index (χ1v) is 5.80. The molecule has 0 fully saturated rings. The second kappa shape index (κ2) is 4.86. The van der Waals surface area contributed by atoms with Gasteiger partial charge in [0, 0.05) is 11.1 Å². The van der Waals surface area contributed by atoms with Crippen LogP contribution in [-0.2, 0) is 0 Å². The number of hydrogen-bond donors (Lipinski definition) is 1. The van der Waals surface area contributed by atoms with Crippen LogP contribution in [0.25, 0.3) is 11.1 Å². The van der Waals surface area contributed by atoms with Crippen LogP contribution in [0.2, 0.25) is 5.02 Å². The molecule has 0 bridgehead atoms. The van der Waals surface area contributed by atoms with Crippen LogP contribution in [-0.4, -0.2) is 7.11 Å². The third-order valence-corrected chi connectivity index (χ3v) is 3.05. The molecule has 0 aliphatic heterocycles. The van der Waals surface area contributed by atoms with Crippen molar-refractivity contribution in [3.8, 4) is 16.9 Å². The zero-order valence-electron chi connectivity index (χ0n) is 10.1. The topological polar surface area (TPSA) is 35.2 Å². The molecule has 2 aromatic rings. The summed E-state index contributed by atoms with van der Waals surface area (Å²) >= 11 is 5.90. The molecule has 0 amide bonds. The van der Waals surface area contributed by atoms with Crippen molar-refractivity contribution in [2.45, 2.75) is 6.92 Å². The molecule has 0 saturated carbocycles. The molecule has 0 saturated heterocycles. The molecule has 0 unspecified atom stereocenters. The van der Waals surface area contributed by atoms with Gasteiger partial charge in [0.25, 0.3) is 0 Å². The third kappa shape index (κ3) is 2.27. The Morgan fingerprint density at radius 3 is 2.56 bits per heavy atom. The van der Waals surface area contributed by atoms with E-state index in [0.717, 1.165) is 11.1 Å². The highest BCUT2D eigenvalue weighted by Crippen LogP contribution is 2.38. The number of nitrogens with two attached hydrogens (primary N) is 1. The summed E-state index contributed by atoms with van der Waals surface area (Å²) in [4.78, 5) is 0. The Bertz CT molecular complexity index is 599. The largest absolute Gasteiger partial charge is 0.496 e. The molecular formula is C14H13ClFNO. The Balaban J connectivity index is 2.72. The van der Waals surface area contributed by atoms with Crippen LogP contribution in [0.4, 0.5) is 10.1 Å². The molecular weight excluding hydrogens is 253 g/mol. The van der Waals surface area contributed by atoms with Crippen molar-refractivity contribution in [1.29, 1.82) is 0 Å². The molecule has 0 aromatic heterocycles. The van der Waals surface area contributed by atoms with E-state index >= 15 is 0 Å². The van der Waals surface area contributed by atoms with Crippen LogP contribution < -0.4 is 10.5 Å². The number of aryl methyl sites for hydroxylation is 1. The maximum Gasteiger partial charge on any atom is 0.126 e. The smallest absolute Gasteiger partial charge is 0.126 e. The molecule has 2 aromatic carbocycles. The van der Waals surface area contributed by atoms with Crippen molar-refractivity contribution >= 4 is 17.3 Å². The number of rotatable bonds is 2. The van der Waals surface area contributed by atoms with Gasteiger partial charge in [0.15, 0.2) is 0 Å². The Morgan fingerprint density at radius 2 is 1.89 bits per heavy atom. The van der Waals surface area contributed by atoms with Gasteiger partial charge in [-0.1, -0.05) is 23.2 Å². The SMILES string of the molecule is COc1ccc(C)cc1-c1cc(F)cc(Cl)c1N. The van der Waals surface area contributed by atoms with Crippen LogP contribution in [0, 0.1) is 12.7 Å². The van der Waals surface area contributed by atoms with Gasteiger partial charge >= 0.3 is 0 Å². The van der Waals surface area contributed by atoms with Gasteiger partial charge in [-0.2, -0.15) is 0 Å². The minimum absolute atomic E-state index is 0.202. The van der Waals surface area contributed by atoms with E-state index in [1.807, 2.05) is 25.1 Å². The summed E-state index contributed by atoms with van der Waals surface area (Å²) in [5.74, 6) is 0.210. The first-order valence-electron chi connectivity index (χ1n) is 5.42. The number of methoxy groups -OCH3 is 1. The fourth-order valence-corrected chi connectivity index (χ4v) is 2.05. The van der Waals surface area contributed by atoms with E-state index in [9.17, 15) is 4.39 Å². The maximum atomic E-state index is 13.4. The van der Waals surface area contributed by atoms with Crippen molar-refractivity contribution in [2.75, 3.05) is 12.8 Å². The van der Waals surface area contributed by atoms with E-state index in [-0.39, 0.29) is 5.02 Å². The molecule has 0 heterocycles. The molecule has 0 radical (unpaired) electrons. The first-order chi connectivity index (χ1) is 8.52. The van der Waals surface area contributed by atoms with Crippen LogP contribution in [0.15, 0.2) is 30.3 Å². The second-order valence-corrected chi connectivity index (χ2v) is 4.46. The number of nitrogen functional groups attached to an aromatic ring is 1. The summed E-state index contributed by atoms with van der Waals surface area (Å²) in [5.41, 5.74) is 8.56. The Labute approximate surface area is 110 Å². The molecule has 2 nitrogen and oxygen atoms in total. The van der Waals surface area contributed by atoms with Crippen molar-refractivity contribution in [1.82, 2.24) is 0 Å². The summed E-state index contributed by atoms with van der Waals surface area (Å²) in [7, 11) is 1.56. The number of ether oxygens (including phenoxy) is 1. The van der Waals surface area contributed by atoms with Crippen molar-refractivity contribution < 1.29 is 9.13 Å². The predicted molar refractivity (Wildman–Crippen MR) is 72.5 cm³/mol. The average Bonchev–Trinajstić information content (AvgIpc) is 2.33. The van der Waals surface area contributed by atoms with Crippen molar-refractivity contribution in [3.63, 3.8) is 0 Å².